The van der Waals surface area contributed by atoms with Gasteiger partial charge in [-0.05, 0) is 60.3 Å². The Labute approximate surface area is 198 Å². The number of rotatable bonds is 6. The van der Waals surface area contributed by atoms with Gasteiger partial charge < -0.3 is 9.73 Å². The van der Waals surface area contributed by atoms with E-state index >= 15 is 0 Å². The summed E-state index contributed by atoms with van der Waals surface area (Å²) in [6.45, 7) is 0. The maximum absolute atomic E-state index is 13.4. The van der Waals surface area contributed by atoms with Gasteiger partial charge in [0, 0.05) is 17.1 Å². The summed E-state index contributed by atoms with van der Waals surface area (Å²) in [4.78, 5) is 27.2. The largest absolute Gasteiger partial charge is 0.423 e. The average Bonchev–Trinajstić information content (AvgIpc) is 3.23. The van der Waals surface area contributed by atoms with Gasteiger partial charge in [-0.25, -0.2) is 9.78 Å². The van der Waals surface area contributed by atoms with Crippen LogP contribution in [0.4, 0.5) is 5.69 Å². The molecule has 0 radical (unpaired) electrons. The number of para-hydroxylation sites is 2. The van der Waals surface area contributed by atoms with E-state index in [-0.39, 0.29) is 16.6 Å². The molecule has 0 atom stereocenters. The van der Waals surface area contributed by atoms with Crippen LogP contribution in [0.5, 0.6) is 0 Å². The van der Waals surface area contributed by atoms with Crippen molar-refractivity contribution in [2.75, 3.05) is 11.1 Å². The van der Waals surface area contributed by atoms with Gasteiger partial charge in [-0.2, -0.15) is 8.42 Å². The number of nitrogens with one attached hydrogen (secondary N) is 2. The number of aromatic amines is 1. The minimum atomic E-state index is -3.89. The van der Waals surface area contributed by atoms with Gasteiger partial charge in [0.15, 0.2) is 11.0 Å². The molecule has 0 aliphatic rings. The molecule has 34 heavy (non-hydrogen) atoms. The first-order valence-corrected chi connectivity index (χ1v) is 12.6. The van der Waals surface area contributed by atoms with Crippen LogP contribution < -0.4 is 14.9 Å². The Morgan fingerprint density at radius 1 is 0.971 bits per heavy atom. The smallest absolute Gasteiger partial charge is 0.336 e. The number of H-pyrrole nitrogens is 1. The maximum Gasteiger partial charge on any atom is 0.336 e. The van der Waals surface area contributed by atoms with E-state index in [0.717, 1.165) is 11.8 Å². The molecule has 2 heterocycles. The van der Waals surface area contributed by atoms with E-state index in [1.54, 1.807) is 66.7 Å². The topological polar surface area (TPSA) is 113 Å². The van der Waals surface area contributed by atoms with Crippen LogP contribution in [0.3, 0.4) is 0 Å². The fourth-order valence-electron chi connectivity index (χ4n) is 3.54. The Bertz CT molecular complexity index is 1690. The lowest BCUT2D eigenvalue weighted by atomic mass is 10.2. The Kier molecular flexibility index (Phi) is 5.68. The second kappa shape index (κ2) is 8.81. The third-order valence-electron chi connectivity index (χ3n) is 5.07. The molecule has 2 aromatic heterocycles. The molecule has 8 nitrogen and oxygen atoms in total. The van der Waals surface area contributed by atoms with E-state index in [1.807, 2.05) is 0 Å². The number of hydrogen-bond donors (Lipinski definition) is 2. The van der Waals surface area contributed by atoms with Crippen LogP contribution in [0.25, 0.3) is 22.0 Å². The van der Waals surface area contributed by atoms with Crippen LogP contribution in [0.15, 0.2) is 104 Å². The Morgan fingerprint density at radius 2 is 1.74 bits per heavy atom. The molecule has 5 rings (SSSR count). The van der Waals surface area contributed by atoms with E-state index in [2.05, 4.69) is 10.3 Å². The molecule has 0 aliphatic heterocycles. The lowest BCUT2D eigenvalue weighted by Gasteiger charge is -2.06. The molecular weight excluding hydrogens is 474 g/mol. The first-order chi connectivity index (χ1) is 16.4. The number of fused-ring (bicyclic) bond motifs is 2. The predicted octanol–water partition coefficient (Wildman–Crippen LogP) is 3.53. The summed E-state index contributed by atoms with van der Waals surface area (Å²) in [5, 5.41) is 3.78. The zero-order chi connectivity index (χ0) is 23.7. The zero-order valence-electron chi connectivity index (χ0n) is 17.6. The summed E-state index contributed by atoms with van der Waals surface area (Å²) in [5.74, 6) is -0.344. The van der Waals surface area contributed by atoms with Crippen molar-refractivity contribution in [3.8, 4) is 0 Å². The van der Waals surface area contributed by atoms with Crippen LogP contribution in [-0.2, 0) is 14.8 Å². The molecule has 0 fully saturated rings. The highest BCUT2D eigenvalue weighted by molar-refractivity contribution is 8.00. The monoisotopic (exact) mass is 492 g/mol. The molecule has 0 bridgehead atoms. The molecular formula is C24H18N3O5S2+. The van der Waals surface area contributed by atoms with Crippen LogP contribution in [0.1, 0.15) is 0 Å². The molecule has 1 amide bonds. The predicted molar refractivity (Wildman–Crippen MR) is 129 cm³/mol. The Hall–Kier alpha value is -3.89. The number of aromatic nitrogens is 2. The number of carbonyl (C=O) groups excluding carboxylic acids is 1. The van der Waals surface area contributed by atoms with Crippen molar-refractivity contribution < 1.29 is 21.6 Å². The number of nitrogens with zero attached hydrogens (tertiary/aromatic N) is 1. The lowest BCUT2D eigenvalue weighted by Crippen LogP contribution is -2.44. The number of thioether (sulfide) groups is 1. The highest BCUT2D eigenvalue weighted by atomic mass is 32.2. The van der Waals surface area contributed by atoms with Gasteiger partial charge in [0.25, 0.3) is 0 Å². The van der Waals surface area contributed by atoms with Gasteiger partial charge in [-0.1, -0.05) is 30.3 Å². The number of anilines is 1. The van der Waals surface area contributed by atoms with E-state index < -0.39 is 15.6 Å². The number of benzene rings is 3. The van der Waals surface area contributed by atoms with E-state index in [4.69, 9.17) is 4.42 Å². The van der Waals surface area contributed by atoms with Gasteiger partial charge in [0.1, 0.15) is 10.5 Å². The second-order valence-electron chi connectivity index (χ2n) is 7.37. The molecule has 0 saturated carbocycles. The van der Waals surface area contributed by atoms with Crippen molar-refractivity contribution in [3.63, 3.8) is 0 Å². The van der Waals surface area contributed by atoms with Crippen molar-refractivity contribution in [3.05, 3.63) is 95.3 Å². The van der Waals surface area contributed by atoms with E-state index in [9.17, 15) is 18.0 Å². The average molecular weight is 493 g/mol. The number of carbonyl (C=O) groups is 1. The standard InChI is InChI=1S/C24H17N3O5S2/c28-22(25-17-11-12-21-16(14-17)10-13-23(29)32-21)15-33-24-26-19-8-4-5-9-20(19)27(24)34(30,31)18-6-2-1-3-7-18/h1-14H,15H2,(H,25,28)/p+1. The van der Waals surface area contributed by atoms with Crippen molar-refractivity contribution in [2.24, 2.45) is 0 Å². The molecule has 2 N–H and O–H groups in total. The zero-order valence-corrected chi connectivity index (χ0v) is 19.2. The highest BCUT2D eigenvalue weighted by Crippen LogP contribution is 2.22. The van der Waals surface area contributed by atoms with Crippen molar-refractivity contribution in [1.82, 2.24) is 4.98 Å². The van der Waals surface area contributed by atoms with E-state index in [0.29, 0.717) is 32.8 Å². The third kappa shape index (κ3) is 4.20. The normalized spacial score (nSPS) is 11.6. The number of imidazole rings is 1. The fraction of sp³-hybridized carbons (Fsp3) is 0.0417. The van der Waals surface area contributed by atoms with Gasteiger partial charge >= 0.3 is 20.8 Å². The van der Waals surface area contributed by atoms with Gasteiger partial charge in [0.2, 0.25) is 5.91 Å². The van der Waals surface area contributed by atoms with Crippen LogP contribution in [-0.4, -0.2) is 25.1 Å². The van der Waals surface area contributed by atoms with Gasteiger partial charge in [-0.15, -0.1) is 3.97 Å². The molecule has 0 aliphatic carbocycles. The summed E-state index contributed by atoms with van der Waals surface area (Å²) in [6, 6.07) is 23.1. The maximum atomic E-state index is 13.4. The molecule has 5 aromatic rings. The van der Waals surface area contributed by atoms with Crippen molar-refractivity contribution in [1.29, 1.82) is 0 Å². The molecule has 0 saturated heterocycles. The Morgan fingerprint density at radius 3 is 2.56 bits per heavy atom. The van der Waals surface area contributed by atoms with Crippen molar-refractivity contribution >= 4 is 55.4 Å². The fourth-order valence-corrected chi connectivity index (χ4v) is 6.13. The van der Waals surface area contributed by atoms with Gasteiger partial charge in [0.05, 0.1) is 5.75 Å². The summed E-state index contributed by atoms with van der Waals surface area (Å²) in [6.07, 6.45) is 0. The van der Waals surface area contributed by atoms with Crippen molar-refractivity contribution in [2.45, 2.75) is 10.1 Å². The van der Waals surface area contributed by atoms with Gasteiger partial charge in [-0.3, -0.25) is 4.79 Å². The lowest BCUT2D eigenvalue weighted by molar-refractivity contribution is -0.526. The molecule has 3 aromatic carbocycles. The van der Waals surface area contributed by atoms with Crippen LogP contribution in [0, 0.1) is 0 Å². The first-order valence-electron chi connectivity index (χ1n) is 10.2. The summed E-state index contributed by atoms with van der Waals surface area (Å²) >= 11 is 1.08. The summed E-state index contributed by atoms with van der Waals surface area (Å²) < 4.78 is 33.2. The first kappa shape index (κ1) is 21.9. The van der Waals surface area contributed by atoms with Crippen LogP contribution >= 0.6 is 11.8 Å². The number of amides is 1. The summed E-state index contributed by atoms with van der Waals surface area (Å²) in [5.41, 5.74) is 1.64. The van der Waals surface area contributed by atoms with Crippen LogP contribution in [0.2, 0.25) is 0 Å². The minimum absolute atomic E-state index is 0.0287. The molecule has 0 spiro atoms. The SMILES string of the molecule is O=C(CSc1[nH]c2ccccc2[n+]1S(=O)(=O)c1ccccc1)Nc1ccc2oc(=O)ccc2c1. The molecule has 170 valence electrons. The Balaban J connectivity index is 1.41. The molecule has 10 heteroatoms. The minimum Gasteiger partial charge on any atom is -0.423 e. The third-order valence-corrected chi connectivity index (χ3v) is 7.88. The quantitative estimate of drug-likeness (QED) is 0.213. The number of hydrogen-bond acceptors (Lipinski definition) is 6. The molecule has 0 unspecified atom stereocenters. The second-order valence-corrected chi connectivity index (χ2v) is 10.1. The van der Waals surface area contributed by atoms with E-state index in [1.165, 1.54) is 22.2 Å². The highest BCUT2D eigenvalue weighted by Gasteiger charge is 2.31. The summed E-state index contributed by atoms with van der Waals surface area (Å²) in [7, 11) is -3.89.